The van der Waals surface area contributed by atoms with Crippen molar-refractivity contribution in [2.24, 2.45) is 0 Å². The van der Waals surface area contributed by atoms with E-state index in [1.54, 1.807) is 37.5 Å². The first kappa shape index (κ1) is 49.1. The Morgan fingerprint density at radius 1 is 0.831 bits per heavy atom. The number of nitrogens with one attached hydrogen (secondary N) is 3. The number of thioether (sulfide) groups is 1. The number of aromatic hydroxyl groups is 1. The lowest BCUT2D eigenvalue weighted by Gasteiger charge is -2.23. The van der Waals surface area contributed by atoms with Crippen molar-refractivity contribution >= 4 is 58.3 Å². The third-order valence-electron chi connectivity index (χ3n) is 9.74. The highest BCUT2D eigenvalue weighted by Crippen LogP contribution is 2.26. The monoisotopic (exact) mass is 841 g/mol. The number of unbranched alkanes of at least 4 members (excludes halogenated alkanes) is 15. The SMILES string of the molecule is CCCCCCCCCCCCCCCCCC(=O)OCCSCC(NC(=O)OC(C)(C)C)C(=O)Nc1ccc(Cn2c(O)nc3c(N)nc(NCCCC)nc32)cc1. The van der Waals surface area contributed by atoms with Gasteiger partial charge in [-0.2, -0.15) is 26.7 Å². The van der Waals surface area contributed by atoms with E-state index in [2.05, 4.69) is 44.7 Å². The number of rotatable bonds is 30. The van der Waals surface area contributed by atoms with Crippen LogP contribution in [0.25, 0.3) is 11.2 Å². The molecule has 0 fully saturated rings. The lowest BCUT2D eigenvalue weighted by Crippen LogP contribution is -2.47. The zero-order chi connectivity index (χ0) is 42.9. The highest BCUT2D eigenvalue weighted by molar-refractivity contribution is 7.99. The summed E-state index contributed by atoms with van der Waals surface area (Å²) in [5.41, 5.74) is 7.41. The Balaban J connectivity index is 1.40. The van der Waals surface area contributed by atoms with E-state index < -0.39 is 23.6 Å². The second-order valence-corrected chi connectivity index (χ2v) is 17.4. The van der Waals surface area contributed by atoms with Crippen molar-refractivity contribution in [3.8, 4) is 6.01 Å². The number of fused-ring (bicyclic) bond motifs is 1. The van der Waals surface area contributed by atoms with Gasteiger partial charge in [0.05, 0.1) is 6.54 Å². The molecule has 0 aliphatic carbocycles. The van der Waals surface area contributed by atoms with E-state index >= 15 is 0 Å². The molecule has 0 spiro atoms. The maximum absolute atomic E-state index is 13.4. The van der Waals surface area contributed by atoms with Crippen LogP contribution in [0.3, 0.4) is 0 Å². The molecule has 2 aromatic heterocycles. The van der Waals surface area contributed by atoms with Crippen molar-refractivity contribution < 1.29 is 29.0 Å². The Labute approximate surface area is 356 Å². The summed E-state index contributed by atoms with van der Waals surface area (Å²) >= 11 is 1.40. The molecule has 0 saturated carbocycles. The fourth-order valence-electron chi connectivity index (χ4n) is 6.48. The number of alkyl carbamates (subject to hydrolysis) is 1. The molecular formula is C44H72N8O6S. The van der Waals surface area contributed by atoms with E-state index in [0.29, 0.717) is 41.5 Å². The molecule has 3 rings (SSSR count). The molecule has 1 aromatic carbocycles. The van der Waals surface area contributed by atoms with Gasteiger partial charge in [0, 0.05) is 30.2 Å². The minimum atomic E-state index is -0.912. The molecule has 0 radical (unpaired) electrons. The van der Waals surface area contributed by atoms with Gasteiger partial charge >= 0.3 is 12.1 Å². The zero-order valence-corrected chi connectivity index (χ0v) is 37.2. The second kappa shape index (κ2) is 27.5. The molecule has 15 heteroatoms. The van der Waals surface area contributed by atoms with E-state index in [9.17, 15) is 19.5 Å². The van der Waals surface area contributed by atoms with Gasteiger partial charge in [0.1, 0.15) is 18.2 Å². The van der Waals surface area contributed by atoms with Gasteiger partial charge in [0.15, 0.2) is 17.0 Å². The summed E-state index contributed by atoms with van der Waals surface area (Å²) < 4.78 is 12.4. The molecule has 6 N–H and O–H groups in total. The highest BCUT2D eigenvalue weighted by Gasteiger charge is 2.25. The summed E-state index contributed by atoms with van der Waals surface area (Å²) in [5, 5.41) is 19.4. The summed E-state index contributed by atoms with van der Waals surface area (Å²) in [4.78, 5) is 51.4. The quantitative estimate of drug-likeness (QED) is 0.0315. The van der Waals surface area contributed by atoms with Gasteiger partial charge in [-0.1, -0.05) is 122 Å². The van der Waals surface area contributed by atoms with Gasteiger partial charge < -0.3 is 36.3 Å². The number of nitrogen functional groups attached to an aromatic ring is 1. The number of amides is 2. The third-order valence-corrected chi connectivity index (χ3v) is 10.8. The van der Waals surface area contributed by atoms with Gasteiger partial charge in [-0.05, 0) is 51.3 Å². The Morgan fingerprint density at radius 3 is 2.02 bits per heavy atom. The van der Waals surface area contributed by atoms with Crippen molar-refractivity contribution in [2.45, 2.75) is 168 Å². The van der Waals surface area contributed by atoms with Crippen LogP contribution >= 0.6 is 11.8 Å². The predicted octanol–water partition coefficient (Wildman–Crippen LogP) is 9.74. The number of benzene rings is 1. The molecular weight excluding hydrogens is 769 g/mol. The molecule has 0 aliphatic heterocycles. The van der Waals surface area contributed by atoms with Crippen LogP contribution in [-0.4, -0.2) is 78.9 Å². The number of imidazole rings is 1. The lowest BCUT2D eigenvalue weighted by molar-refractivity contribution is -0.143. The first-order chi connectivity index (χ1) is 28.4. The maximum atomic E-state index is 13.4. The normalized spacial score (nSPS) is 12.0. The standard InChI is InChI=1S/C44H72N8O6S/c1-6-8-10-11-12-13-14-15-16-17-18-19-20-21-22-23-36(53)57-29-30-59-32-35(48-43(56)58-44(3,4)5)40(54)47-34-26-24-33(25-27-34)31-52-39-37(49-42(52)55)38(45)50-41(51-39)46-28-9-7-2/h24-27,35H,6-23,28-32H2,1-5H3,(H,47,54)(H,48,56)(H,49,55)(H3,45,46,50,51). The van der Waals surface area contributed by atoms with Crippen LogP contribution < -0.4 is 21.7 Å². The number of carbonyl (C=O) groups excluding carboxylic acids is 3. The van der Waals surface area contributed by atoms with E-state index in [-0.39, 0.29) is 36.7 Å². The smallest absolute Gasteiger partial charge is 0.408 e. The Morgan fingerprint density at radius 2 is 1.42 bits per heavy atom. The summed E-state index contributed by atoms with van der Waals surface area (Å²) in [6.45, 7) is 10.8. The molecule has 1 unspecified atom stereocenters. The summed E-state index contributed by atoms with van der Waals surface area (Å²) in [5.74, 6) is 0.620. The van der Waals surface area contributed by atoms with Gasteiger partial charge in [-0.25, -0.2) is 4.79 Å². The molecule has 330 valence electrons. The van der Waals surface area contributed by atoms with Crippen LogP contribution in [0.5, 0.6) is 6.01 Å². The van der Waals surface area contributed by atoms with Crippen LogP contribution in [-0.2, 0) is 25.6 Å². The van der Waals surface area contributed by atoms with Crippen LogP contribution in [0.1, 0.15) is 156 Å². The van der Waals surface area contributed by atoms with Crippen LogP contribution in [0, 0.1) is 0 Å². The first-order valence-corrected chi connectivity index (χ1v) is 23.1. The predicted molar refractivity (Wildman–Crippen MR) is 240 cm³/mol. The number of anilines is 3. The summed E-state index contributed by atoms with van der Waals surface area (Å²) in [6, 6.07) is 5.94. The van der Waals surface area contributed by atoms with Crippen LogP contribution in [0.4, 0.5) is 22.2 Å². The topological polar surface area (TPSA) is 196 Å². The summed E-state index contributed by atoms with van der Waals surface area (Å²) in [7, 11) is 0. The number of nitrogens with zero attached hydrogens (tertiary/aromatic N) is 4. The average molecular weight is 841 g/mol. The van der Waals surface area contributed by atoms with Crippen molar-refractivity contribution in [3.05, 3.63) is 29.8 Å². The number of hydrogen-bond acceptors (Lipinski definition) is 12. The maximum Gasteiger partial charge on any atom is 0.408 e. The van der Waals surface area contributed by atoms with Crippen molar-refractivity contribution in [3.63, 3.8) is 0 Å². The fraction of sp³-hybridized carbons (Fsp3) is 0.682. The van der Waals surface area contributed by atoms with E-state index in [4.69, 9.17) is 15.2 Å². The van der Waals surface area contributed by atoms with Gasteiger partial charge in [-0.3, -0.25) is 14.2 Å². The molecule has 2 heterocycles. The number of ether oxygens (including phenoxy) is 2. The third kappa shape index (κ3) is 20.0. The largest absolute Gasteiger partial charge is 0.480 e. The van der Waals surface area contributed by atoms with Gasteiger partial charge in [-0.15, -0.1) is 0 Å². The minimum absolute atomic E-state index is 0.167. The number of nitrogens with two attached hydrogens (primary N) is 1. The van der Waals surface area contributed by atoms with Crippen molar-refractivity contribution in [1.29, 1.82) is 0 Å². The number of esters is 1. The Hall–Kier alpha value is -4.27. The first-order valence-electron chi connectivity index (χ1n) is 22.0. The molecule has 0 saturated heterocycles. The average Bonchev–Trinajstić information content (AvgIpc) is 3.50. The van der Waals surface area contributed by atoms with E-state index in [0.717, 1.165) is 37.7 Å². The van der Waals surface area contributed by atoms with Gasteiger partial charge in [0.2, 0.25) is 11.9 Å². The molecule has 3 aromatic rings. The molecule has 0 aliphatic rings. The fourth-order valence-corrected chi connectivity index (χ4v) is 7.32. The van der Waals surface area contributed by atoms with E-state index in [1.165, 1.54) is 88.8 Å². The van der Waals surface area contributed by atoms with Crippen molar-refractivity contribution in [2.75, 3.05) is 41.0 Å². The number of carbonyl (C=O) groups is 3. The highest BCUT2D eigenvalue weighted by atomic mass is 32.2. The van der Waals surface area contributed by atoms with Crippen molar-refractivity contribution in [1.82, 2.24) is 24.8 Å². The molecule has 59 heavy (non-hydrogen) atoms. The minimum Gasteiger partial charge on any atom is -0.480 e. The molecule has 1 atom stereocenters. The van der Waals surface area contributed by atoms with Crippen LogP contribution in [0.2, 0.25) is 0 Å². The van der Waals surface area contributed by atoms with Crippen LogP contribution in [0.15, 0.2) is 24.3 Å². The Bertz CT molecular complexity index is 1680. The number of hydrogen-bond donors (Lipinski definition) is 5. The lowest BCUT2D eigenvalue weighted by atomic mass is 10.0. The molecule has 0 bridgehead atoms. The van der Waals surface area contributed by atoms with E-state index in [1.807, 2.05) is 12.1 Å². The second-order valence-electron chi connectivity index (χ2n) is 16.3. The Kier molecular flexibility index (Phi) is 22.9. The molecule has 14 nitrogen and oxygen atoms in total. The summed E-state index contributed by atoms with van der Waals surface area (Å²) in [6.07, 6.45) is 20.8. The molecule has 2 amide bonds. The zero-order valence-electron chi connectivity index (χ0n) is 36.4. The number of aromatic nitrogens is 4. The van der Waals surface area contributed by atoms with Gasteiger partial charge in [0.25, 0.3) is 6.01 Å².